The maximum atomic E-state index is 12.4. The first-order valence-electron chi connectivity index (χ1n) is 8.50. The molecule has 0 spiro atoms. The Labute approximate surface area is 148 Å². The van der Waals surface area contributed by atoms with E-state index < -0.39 is 0 Å². The average molecular weight is 355 g/mol. The topological polar surface area (TPSA) is 73.6 Å². The van der Waals surface area contributed by atoms with Crippen molar-refractivity contribution in [2.75, 3.05) is 32.2 Å². The van der Waals surface area contributed by atoms with E-state index in [0.29, 0.717) is 42.6 Å². The molecule has 1 aliphatic carbocycles. The quantitative estimate of drug-likeness (QED) is 0.699. The molecule has 6 heteroatoms. The number of ether oxygens (including phenoxy) is 2. The van der Waals surface area contributed by atoms with E-state index in [1.165, 1.54) is 6.42 Å². The zero-order valence-corrected chi connectivity index (χ0v) is 15.0. The molecule has 1 aromatic rings. The van der Waals surface area contributed by atoms with Gasteiger partial charge < -0.3 is 20.5 Å². The third-order valence-corrected chi connectivity index (χ3v) is 4.94. The fourth-order valence-electron chi connectivity index (χ4n) is 3.23. The largest absolute Gasteiger partial charge is 0.490 e. The lowest BCUT2D eigenvalue weighted by Crippen LogP contribution is -2.36. The molecular formula is C18H27ClN2O3. The van der Waals surface area contributed by atoms with Gasteiger partial charge in [-0.3, -0.25) is 4.79 Å². The van der Waals surface area contributed by atoms with Crippen LogP contribution in [0.1, 0.15) is 38.5 Å². The van der Waals surface area contributed by atoms with Crippen molar-refractivity contribution in [3.05, 3.63) is 23.2 Å². The molecule has 2 rings (SSSR count). The SMILES string of the molecule is COCCOc1ccc(NC(=O)CC2(CN)CCCCC2)cc1Cl. The lowest BCUT2D eigenvalue weighted by molar-refractivity contribution is -0.118. The highest BCUT2D eigenvalue weighted by atomic mass is 35.5. The molecule has 0 aromatic heterocycles. The molecule has 0 unspecified atom stereocenters. The minimum atomic E-state index is -0.0463. The summed E-state index contributed by atoms with van der Waals surface area (Å²) in [5.41, 5.74) is 6.58. The number of nitrogens with two attached hydrogens (primary N) is 1. The number of hydrogen-bond donors (Lipinski definition) is 2. The lowest BCUT2D eigenvalue weighted by Gasteiger charge is -2.35. The van der Waals surface area contributed by atoms with Crippen LogP contribution in [-0.4, -0.2) is 32.8 Å². The summed E-state index contributed by atoms with van der Waals surface area (Å²) in [5.74, 6) is 0.573. The summed E-state index contributed by atoms with van der Waals surface area (Å²) in [6.07, 6.45) is 6.08. The molecule has 1 aromatic carbocycles. The Bertz CT molecular complexity index is 545. The molecular weight excluding hydrogens is 328 g/mol. The van der Waals surface area contributed by atoms with Crippen molar-refractivity contribution in [3.63, 3.8) is 0 Å². The second kappa shape index (κ2) is 9.25. The number of hydrogen-bond acceptors (Lipinski definition) is 4. The van der Waals surface area contributed by atoms with Gasteiger partial charge in [0.05, 0.1) is 11.6 Å². The standard InChI is InChI=1S/C18H27ClN2O3/c1-23-9-10-24-16-6-5-14(11-15(16)19)21-17(22)12-18(13-20)7-3-2-4-8-18/h5-6,11H,2-4,7-10,12-13,20H2,1H3,(H,21,22). The van der Waals surface area contributed by atoms with Gasteiger partial charge in [0.2, 0.25) is 5.91 Å². The number of benzene rings is 1. The zero-order chi connectivity index (χ0) is 17.4. The van der Waals surface area contributed by atoms with Crippen molar-refractivity contribution < 1.29 is 14.3 Å². The van der Waals surface area contributed by atoms with Gasteiger partial charge in [-0.25, -0.2) is 0 Å². The first kappa shape index (κ1) is 19.0. The fraction of sp³-hybridized carbons (Fsp3) is 0.611. The van der Waals surface area contributed by atoms with E-state index in [2.05, 4.69) is 5.32 Å². The minimum Gasteiger partial charge on any atom is -0.490 e. The fourth-order valence-corrected chi connectivity index (χ4v) is 3.47. The van der Waals surface area contributed by atoms with Crippen molar-refractivity contribution in [1.29, 1.82) is 0 Å². The smallest absolute Gasteiger partial charge is 0.224 e. The number of anilines is 1. The van der Waals surface area contributed by atoms with Crippen LogP contribution in [0.2, 0.25) is 5.02 Å². The second-order valence-corrected chi connectivity index (χ2v) is 6.88. The Morgan fingerprint density at radius 1 is 1.29 bits per heavy atom. The molecule has 1 aliphatic rings. The van der Waals surface area contributed by atoms with E-state index in [1.54, 1.807) is 25.3 Å². The third kappa shape index (κ3) is 5.36. The van der Waals surface area contributed by atoms with Gasteiger partial charge in [0.1, 0.15) is 12.4 Å². The highest BCUT2D eigenvalue weighted by Crippen LogP contribution is 2.38. The summed E-state index contributed by atoms with van der Waals surface area (Å²) in [5, 5.41) is 3.39. The van der Waals surface area contributed by atoms with Crippen LogP contribution >= 0.6 is 11.6 Å². The molecule has 1 amide bonds. The van der Waals surface area contributed by atoms with Gasteiger partial charge >= 0.3 is 0 Å². The monoisotopic (exact) mass is 354 g/mol. The summed E-state index contributed by atoms with van der Waals surface area (Å²) in [6, 6.07) is 5.26. The van der Waals surface area contributed by atoms with Crippen LogP contribution in [0.3, 0.4) is 0 Å². The Morgan fingerprint density at radius 3 is 2.67 bits per heavy atom. The van der Waals surface area contributed by atoms with Crippen molar-refractivity contribution >= 4 is 23.2 Å². The van der Waals surface area contributed by atoms with Crippen LogP contribution in [-0.2, 0) is 9.53 Å². The van der Waals surface area contributed by atoms with Gasteiger partial charge in [-0.15, -0.1) is 0 Å². The maximum Gasteiger partial charge on any atom is 0.224 e. The molecule has 1 saturated carbocycles. The Balaban J connectivity index is 1.92. The summed E-state index contributed by atoms with van der Waals surface area (Å²) in [6.45, 7) is 1.49. The van der Waals surface area contributed by atoms with Crippen molar-refractivity contribution in [2.24, 2.45) is 11.1 Å². The first-order chi connectivity index (χ1) is 11.6. The first-order valence-corrected chi connectivity index (χ1v) is 8.87. The average Bonchev–Trinajstić information content (AvgIpc) is 2.57. The zero-order valence-electron chi connectivity index (χ0n) is 14.3. The molecule has 0 bridgehead atoms. The van der Waals surface area contributed by atoms with Crippen LogP contribution in [0.4, 0.5) is 5.69 Å². The summed E-state index contributed by atoms with van der Waals surface area (Å²) < 4.78 is 10.4. The summed E-state index contributed by atoms with van der Waals surface area (Å²) in [4.78, 5) is 12.4. The number of carbonyl (C=O) groups is 1. The second-order valence-electron chi connectivity index (χ2n) is 6.48. The van der Waals surface area contributed by atoms with Crippen LogP contribution in [0, 0.1) is 5.41 Å². The molecule has 5 nitrogen and oxygen atoms in total. The number of nitrogens with one attached hydrogen (secondary N) is 1. The minimum absolute atomic E-state index is 0.00790. The molecule has 1 fully saturated rings. The van der Waals surface area contributed by atoms with Crippen LogP contribution in [0.25, 0.3) is 0 Å². The molecule has 0 saturated heterocycles. The van der Waals surface area contributed by atoms with Crippen LogP contribution < -0.4 is 15.8 Å². The molecule has 0 atom stereocenters. The van der Waals surface area contributed by atoms with E-state index in [-0.39, 0.29) is 11.3 Å². The highest BCUT2D eigenvalue weighted by Gasteiger charge is 2.32. The predicted molar refractivity (Wildman–Crippen MR) is 96.6 cm³/mol. The number of amides is 1. The van der Waals surface area contributed by atoms with Gasteiger partial charge in [-0.2, -0.15) is 0 Å². The Kier molecular flexibility index (Phi) is 7.34. The summed E-state index contributed by atoms with van der Waals surface area (Å²) >= 11 is 6.20. The number of rotatable bonds is 8. The number of halogens is 1. The molecule has 0 heterocycles. The lowest BCUT2D eigenvalue weighted by atomic mass is 9.71. The number of carbonyl (C=O) groups excluding carboxylic acids is 1. The predicted octanol–water partition coefficient (Wildman–Crippen LogP) is 3.60. The molecule has 3 N–H and O–H groups in total. The molecule has 134 valence electrons. The highest BCUT2D eigenvalue weighted by molar-refractivity contribution is 6.32. The van der Waals surface area contributed by atoms with E-state index >= 15 is 0 Å². The van der Waals surface area contributed by atoms with Gasteiger partial charge in [0, 0.05) is 19.2 Å². The third-order valence-electron chi connectivity index (χ3n) is 4.64. The normalized spacial score (nSPS) is 16.6. The van der Waals surface area contributed by atoms with Gasteiger partial charge in [0.25, 0.3) is 0 Å². The van der Waals surface area contributed by atoms with Gasteiger partial charge in [-0.05, 0) is 43.0 Å². The van der Waals surface area contributed by atoms with Gasteiger partial charge in [0.15, 0.2) is 0 Å². The van der Waals surface area contributed by atoms with E-state index in [0.717, 1.165) is 25.7 Å². The van der Waals surface area contributed by atoms with E-state index in [4.69, 9.17) is 26.8 Å². The Morgan fingerprint density at radius 2 is 2.04 bits per heavy atom. The van der Waals surface area contributed by atoms with E-state index in [1.807, 2.05) is 0 Å². The van der Waals surface area contributed by atoms with Crippen LogP contribution in [0.15, 0.2) is 18.2 Å². The van der Waals surface area contributed by atoms with E-state index in [9.17, 15) is 4.79 Å². The number of methoxy groups -OCH3 is 1. The molecule has 0 radical (unpaired) electrons. The van der Waals surface area contributed by atoms with Crippen molar-refractivity contribution in [2.45, 2.75) is 38.5 Å². The van der Waals surface area contributed by atoms with Crippen molar-refractivity contribution in [3.8, 4) is 5.75 Å². The maximum absolute atomic E-state index is 12.4. The Hall–Kier alpha value is -1.30. The van der Waals surface area contributed by atoms with Crippen LogP contribution in [0.5, 0.6) is 5.75 Å². The van der Waals surface area contributed by atoms with Gasteiger partial charge in [-0.1, -0.05) is 30.9 Å². The molecule has 24 heavy (non-hydrogen) atoms. The molecule has 0 aliphatic heterocycles. The van der Waals surface area contributed by atoms with Crippen molar-refractivity contribution in [1.82, 2.24) is 0 Å². The summed E-state index contributed by atoms with van der Waals surface area (Å²) in [7, 11) is 1.62.